The summed E-state index contributed by atoms with van der Waals surface area (Å²) >= 11 is 0. The number of benzene rings is 2. The van der Waals surface area contributed by atoms with Gasteiger partial charge in [-0.2, -0.15) is 0 Å². The van der Waals surface area contributed by atoms with Crippen LogP contribution in [0.2, 0.25) is 0 Å². The van der Waals surface area contributed by atoms with Crippen molar-refractivity contribution in [2.75, 3.05) is 6.61 Å². The molecular weight excluding hydrogens is 302 g/mol. The van der Waals surface area contributed by atoms with Gasteiger partial charge in [-0.05, 0) is 17.5 Å². The van der Waals surface area contributed by atoms with Crippen molar-refractivity contribution >= 4 is 5.91 Å². The van der Waals surface area contributed by atoms with E-state index >= 15 is 0 Å². The number of carbonyl (C=O) groups is 1. The molecule has 4 heteroatoms. The van der Waals surface area contributed by atoms with Crippen LogP contribution in [0, 0.1) is 0 Å². The largest absolute Gasteiger partial charge is 0.377 e. The second kappa shape index (κ2) is 7.16. The average Bonchev–Trinajstić information content (AvgIpc) is 2.87. The van der Waals surface area contributed by atoms with E-state index in [4.69, 9.17) is 4.74 Å². The van der Waals surface area contributed by atoms with Gasteiger partial charge in [-0.3, -0.25) is 4.79 Å². The highest BCUT2D eigenvalue weighted by atomic mass is 16.5. The highest BCUT2D eigenvalue weighted by Gasteiger charge is 2.54. The Morgan fingerprint density at radius 1 is 1.08 bits per heavy atom. The van der Waals surface area contributed by atoms with Crippen molar-refractivity contribution in [2.24, 2.45) is 0 Å². The lowest BCUT2D eigenvalue weighted by Gasteiger charge is -2.29. The van der Waals surface area contributed by atoms with E-state index in [2.05, 4.69) is 5.32 Å². The van der Waals surface area contributed by atoms with Gasteiger partial charge in [-0.15, -0.1) is 0 Å². The molecule has 1 aliphatic rings. The summed E-state index contributed by atoms with van der Waals surface area (Å²) in [4.78, 5) is 12.5. The predicted octanol–water partition coefficient (Wildman–Crippen LogP) is 2.63. The Hall–Kier alpha value is -2.17. The Bertz CT molecular complexity index is 674. The number of hydrogen-bond acceptors (Lipinski definition) is 3. The molecule has 2 N–H and O–H groups in total. The molecule has 2 aromatic rings. The number of carbonyl (C=O) groups excluding carboxylic acids is 1. The number of rotatable bonds is 6. The maximum atomic E-state index is 12.5. The predicted molar refractivity (Wildman–Crippen MR) is 92.5 cm³/mol. The zero-order valence-corrected chi connectivity index (χ0v) is 13.8. The van der Waals surface area contributed by atoms with Crippen molar-refractivity contribution in [3.8, 4) is 0 Å². The van der Waals surface area contributed by atoms with Gasteiger partial charge in [0.2, 0.25) is 0 Å². The van der Waals surface area contributed by atoms with E-state index in [1.165, 1.54) is 0 Å². The van der Waals surface area contributed by atoms with E-state index < -0.39 is 5.60 Å². The van der Waals surface area contributed by atoms with Crippen LogP contribution in [0.4, 0.5) is 0 Å². The Kier molecular flexibility index (Phi) is 4.97. The Morgan fingerprint density at radius 2 is 1.71 bits per heavy atom. The van der Waals surface area contributed by atoms with Crippen molar-refractivity contribution in [2.45, 2.75) is 37.5 Å². The van der Waals surface area contributed by atoms with E-state index in [1.54, 1.807) is 0 Å². The number of aliphatic hydroxyl groups is 1. The molecule has 1 heterocycles. The molecule has 126 valence electrons. The normalized spacial score (nSPS) is 26.3. The Balaban J connectivity index is 1.78. The molecule has 1 aliphatic heterocycles. The third-order valence-corrected chi connectivity index (χ3v) is 4.66. The van der Waals surface area contributed by atoms with E-state index in [9.17, 15) is 9.90 Å². The maximum absolute atomic E-state index is 12.5. The Labute approximate surface area is 142 Å². The smallest absolute Gasteiger partial charge is 0.255 e. The van der Waals surface area contributed by atoms with E-state index in [-0.39, 0.29) is 24.5 Å². The van der Waals surface area contributed by atoms with Gasteiger partial charge in [-0.25, -0.2) is 0 Å². The molecule has 1 amide bonds. The van der Waals surface area contributed by atoms with Gasteiger partial charge in [0, 0.05) is 12.0 Å². The fraction of sp³-hybridized carbons (Fsp3) is 0.350. The lowest BCUT2D eigenvalue weighted by Crippen LogP contribution is -2.46. The molecule has 4 nitrogen and oxygen atoms in total. The average molecular weight is 325 g/mol. The zero-order chi connectivity index (χ0) is 17.0. The van der Waals surface area contributed by atoms with Crippen LogP contribution in [-0.4, -0.2) is 29.3 Å². The monoisotopic (exact) mass is 325 g/mol. The molecule has 0 radical (unpaired) electrons. The summed E-state index contributed by atoms with van der Waals surface area (Å²) in [5.74, 6) is -0.664. The van der Waals surface area contributed by atoms with Crippen LogP contribution in [-0.2, 0) is 16.1 Å². The molecule has 0 unspecified atom stereocenters. The van der Waals surface area contributed by atoms with Crippen molar-refractivity contribution in [3.05, 3.63) is 71.8 Å². The topological polar surface area (TPSA) is 58.6 Å². The van der Waals surface area contributed by atoms with Crippen molar-refractivity contribution in [1.29, 1.82) is 0 Å². The minimum Gasteiger partial charge on any atom is -0.377 e. The summed E-state index contributed by atoms with van der Waals surface area (Å²) in [6.07, 6.45) is 0.756. The molecule has 1 saturated heterocycles. The standard InChI is InChI=1S/C20H23NO3/c1-2-17-18(16-11-7-4-8-12-16)20(23,19(22)21-17)14-24-13-15-9-5-3-6-10-15/h3-12,17-18,23H,2,13-14H2,1H3,(H,21,22)/t17-,18+,20-/m1/s1. The molecule has 1 fully saturated rings. The lowest BCUT2D eigenvalue weighted by atomic mass is 9.80. The summed E-state index contributed by atoms with van der Waals surface area (Å²) in [5, 5.41) is 14.0. The number of ether oxygens (including phenoxy) is 1. The fourth-order valence-corrected chi connectivity index (χ4v) is 3.41. The quantitative estimate of drug-likeness (QED) is 0.858. The number of nitrogens with one attached hydrogen (secondary N) is 1. The first-order valence-corrected chi connectivity index (χ1v) is 8.35. The first-order chi connectivity index (χ1) is 11.6. The van der Waals surface area contributed by atoms with Gasteiger partial charge >= 0.3 is 0 Å². The summed E-state index contributed by atoms with van der Waals surface area (Å²) in [7, 11) is 0. The van der Waals surface area contributed by atoms with Crippen molar-refractivity contribution in [1.82, 2.24) is 5.32 Å². The molecule has 3 rings (SSSR count). The van der Waals surface area contributed by atoms with Crippen LogP contribution in [0.25, 0.3) is 0 Å². The van der Waals surface area contributed by atoms with Gasteiger partial charge in [0.05, 0.1) is 13.2 Å². The molecule has 2 aromatic carbocycles. The van der Waals surface area contributed by atoms with Gasteiger partial charge in [0.1, 0.15) is 0 Å². The van der Waals surface area contributed by atoms with Crippen LogP contribution in [0.1, 0.15) is 30.4 Å². The van der Waals surface area contributed by atoms with Crippen LogP contribution in [0.15, 0.2) is 60.7 Å². The molecule has 24 heavy (non-hydrogen) atoms. The molecule has 0 aliphatic carbocycles. The summed E-state index contributed by atoms with van der Waals surface area (Å²) in [6, 6.07) is 19.3. The minimum absolute atomic E-state index is 0.0240. The van der Waals surface area contributed by atoms with Gasteiger partial charge in [0.25, 0.3) is 5.91 Å². The summed E-state index contributed by atoms with van der Waals surface area (Å²) < 4.78 is 5.71. The molecule has 0 spiro atoms. The minimum atomic E-state index is -1.54. The van der Waals surface area contributed by atoms with Crippen LogP contribution in [0.3, 0.4) is 0 Å². The summed E-state index contributed by atoms with van der Waals surface area (Å²) in [6.45, 7) is 2.36. The second-order valence-corrected chi connectivity index (χ2v) is 6.28. The first-order valence-electron chi connectivity index (χ1n) is 8.35. The van der Waals surface area contributed by atoms with Gasteiger partial charge < -0.3 is 15.2 Å². The maximum Gasteiger partial charge on any atom is 0.255 e. The summed E-state index contributed by atoms with van der Waals surface area (Å²) in [5.41, 5.74) is 0.424. The van der Waals surface area contributed by atoms with Crippen LogP contribution in [0.5, 0.6) is 0 Å². The van der Waals surface area contributed by atoms with E-state index in [0.29, 0.717) is 6.61 Å². The van der Waals surface area contributed by atoms with Gasteiger partial charge in [-0.1, -0.05) is 67.6 Å². The number of hydrogen-bond donors (Lipinski definition) is 2. The molecule has 0 aromatic heterocycles. The third-order valence-electron chi connectivity index (χ3n) is 4.66. The third kappa shape index (κ3) is 3.21. The lowest BCUT2D eigenvalue weighted by molar-refractivity contribution is -0.143. The van der Waals surface area contributed by atoms with Crippen LogP contribution >= 0.6 is 0 Å². The Morgan fingerprint density at radius 3 is 2.33 bits per heavy atom. The SMILES string of the molecule is CC[C@H]1NC(=O)[C@@](O)(COCc2ccccc2)[C@H]1c1ccccc1. The van der Waals surface area contributed by atoms with E-state index in [1.807, 2.05) is 67.6 Å². The molecule has 3 atom stereocenters. The molecule has 0 saturated carbocycles. The van der Waals surface area contributed by atoms with Gasteiger partial charge in [0.15, 0.2) is 5.60 Å². The number of amides is 1. The van der Waals surface area contributed by atoms with Crippen molar-refractivity contribution in [3.63, 3.8) is 0 Å². The van der Waals surface area contributed by atoms with Crippen LogP contribution < -0.4 is 5.32 Å². The first kappa shape index (κ1) is 16.7. The molecule has 0 bridgehead atoms. The van der Waals surface area contributed by atoms with Crippen molar-refractivity contribution < 1.29 is 14.6 Å². The highest BCUT2D eigenvalue weighted by molar-refractivity contribution is 5.89. The fourth-order valence-electron chi connectivity index (χ4n) is 3.41. The zero-order valence-electron chi connectivity index (χ0n) is 13.8. The second-order valence-electron chi connectivity index (χ2n) is 6.28. The highest BCUT2D eigenvalue weighted by Crippen LogP contribution is 2.38. The molecular formula is C20H23NO3. The van der Waals surface area contributed by atoms with E-state index in [0.717, 1.165) is 17.5 Å².